The molecule has 0 N–H and O–H groups in total. The van der Waals surface area contributed by atoms with Crippen LogP contribution in [0.15, 0.2) is 41.6 Å². The molecule has 4 aliphatic heterocycles. The largest absolute Gasteiger partial charge is 0.466 e. The summed E-state index contributed by atoms with van der Waals surface area (Å²) in [6, 6.07) is 7.69. The zero-order valence-electron chi connectivity index (χ0n) is 19.9. The maximum Gasteiger partial charge on any atom is 0.349 e. The predicted octanol–water partition coefficient (Wildman–Crippen LogP) is 0.179. The van der Waals surface area contributed by atoms with Gasteiger partial charge in [-0.2, -0.15) is 0 Å². The third kappa shape index (κ3) is 2.41. The molecule has 3 saturated heterocycles. The maximum atomic E-state index is 14.2. The zero-order valence-corrected chi connectivity index (χ0v) is 19.9. The first kappa shape index (κ1) is 23.0. The lowest BCUT2D eigenvalue weighted by atomic mass is 9.73. The van der Waals surface area contributed by atoms with Crippen LogP contribution in [0.1, 0.15) is 25.5 Å². The van der Waals surface area contributed by atoms with Crippen molar-refractivity contribution in [2.45, 2.75) is 31.3 Å². The monoisotopic (exact) mass is 483 g/mol. The van der Waals surface area contributed by atoms with Crippen LogP contribution in [0.4, 0.5) is 0 Å². The van der Waals surface area contributed by atoms with Crippen molar-refractivity contribution in [1.29, 1.82) is 0 Å². The van der Waals surface area contributed by atoms with Gasteiger partial charge in [-0.25, -0.2) is 9.59 Å². The van der Waals surface area contributed by atoms with Crippen molar-refractivity contribution in [3.8, 4) is 0 Å². The molecule has 2 bridgehead atoms. The number of piperidine rings is 1. The van der Waals surface area contributed by atoms with Gasteiger partial charge >= 0.3 is 11.9 Å². The predicted molar refractivity (Wildman–Crippen MR) is 116 cm³/mol. The molecule has 0 aliphatic carbocycles. The molecule has 4 aliphatic rings. The van der Waals surface area contributed by atoms with E-state index in [1.807, 2.05) is 0 Å². The van der Waals surface area contributed by atoms with Gasteiger partial charge in [0.05, 0.1) is 25.8 Å². The molecule has 3 amide bonds. The lowest BCUT2D eigenvalue weighted by molar-refractivity contribution is -0.224. The number of imide groups is 1. The number of methoxy groups -OCH3 is 2. The van der Waals surface area contributed by atoms with Crippen LogP contribution in [0, 0.1) is 11.8 Å². The molecule has 1 aromatic carbocycles. The Labute approximate surface area is 201 Å². The highest BCUT2D eigenvalue weighted by molar-refractivity contribution is 6.19. The Balaban J connectivity index is 1.87. The second-order valence-corrected chi connectivity index (χ2v) is 8.90. The van der Waals surface area contributed by atoms with Crippen molar-refractivity contribution < 1.29 is 38.2 Å². The average molecular weight is 483 g/mol. The third-order valence-corrected chi connectivity index (χ3v) is 7.60. The number of hydrogen-bond acceptors (Lipinski definition) is 9. The Bertz CT molecular complexity index is 1210. The van der Waals surface area contributed by atoms with Crippen molar-refractivity contribution in [2.24, 2.45) is 11.8 Å². The molecule has 5 rings (SSSR count). The van der Waals surface area contributed by atoms with Crippen molar-refractivity contribution in [2.75, 3.05) is 27.8 Å². The smallest absolute Gasteiger partial charge is 0.349 e. The third-order valence-electron chi connectivity index (χ3n) is 7.60. The van der Waals surface area contributed by atoms with E-state index < -0.39 is 59.0 Å². The molecule has 1 spiro atoms. The number of nitrogens with zero attached hydrogens (tertiary/aromatic N) is 3. The molecule has 11 heteroatoms. The minimum Gasteiger partial charge on any atom is -0.466 e. The van der Waals surface area contributed by atoms with E-state index in [9.17, 15) is 24.0 Å². The van der Waals surface area contributed by atoms with Crippen LogP contribution in [0.5, 0.6) is 0 Å². The lowest BCUT2D eigenvalue weighted by Gasteiger charge is -2.55. The summed E-state index contributed by atoms with van der Waals surface area (Å²) in [7, 11) is 3.64. The van der Waals surface area contributed by atoms with E-state index in [0.29, 0.717) is 11.3 Å². The van der Waals surface area contributed by atoms with E-state index >= 15 is 0 Å². The first-order valence-corrected chi connectivity index (χ1v) is 11.2. The van der Waals surface area contributed by atoms with Crippen molar-refractivity contribution in [3.05, 3.63) is 47.2 Å². The van der Waals surface area contributed by atoms with Crippen LogP contribution in [0.25, 0.3) is 0 Å². The molecular weight excluding hydrogens is 458 g/mol. The fourth-order valence-corrected chi connectivity index (χ4v) is 6.22. The molecule has 0 radical (unpaired) electrons. The summed E-state index contributed by atoms with van der Waals surface area (Å²) < 4.78 is 16.4. The topological polar surface area (TPSA) is 123 Å². The van der Waals surface area contributed by atoms with Crippen molar-refractivity contribution in [1.82, 2.24) is 14.7 Å². The highest BCUT2D eigenvalue weighted by atomic mass is 16.6. The molecule has 11 nitrogen and oxygen atoms in total. The Morgan fingerprint density at radius 1 is 1.03 bits per heavy atom. The quantitative estimate of drug-likeness (QED) is 0.335. The number of allylic oxidation sites excluding steroid dienone is 1. The van der Waals surface area contributed by atoms with Crippen molar-refractivity contribution >= 4 is 29.7 Å². The average Bonchev–Trinajstić information content (AvgIpc) is 3.41. The first-order valence-electron chi connectivity index (χ1n) is 11.2. The van der Waals surface area contributed by atoms with E-state index in [-0.39, 0.29) is 12.1 Å². The number of benzene rings is 1. The normalized spacial score (nSPS) is 33.3. The second-order valence-electron chi connectivity index (χ2n) is 8.90. The van der Waals surface area contributed by atoms with Gasteiger partial charge in [0.15, 0.2) is 0 Å². The van der Waals surface area contributed by atoms with Gasteiger partial charge in [-0.1, -0.05) is 30.3 Å². The zero-order chi connectivity index (χ0) is 25.4. The van der Waals surface area contributed by atoms with E-state index in [1.165, 1.54) is 19.1 Å². The number of likely N-dealkylation sites (tertiary alicyclic amines) is 1. The van der Waals surface area contributed by atoms with Gasteiger partial charge in [0.25, 0.3) is 11.5 Å². The first-order chi connectivity index (χ1) is 16.6. The highest BCUT2D eigenvalue weighted by Gasteiger charge is 2.88. The second kappa shape index (κ2) is 7.38. The Hall–Kier alpha value is -3.73. The number of fused-ring (bicyclic) bond motifs is 3. The molecule has 184 valence electrons. The van der Waals surface area contributed by atoms with E-state index in [4.69, 9.17) is 14.2 Å². The molecule has 0 saturated carbocycles. The molecule has 35 heavy (non-hydrogen) atoms. The fraction of sp³-hybridized carbons (Fsp3) is 0.458. The van der Waals surface area contributed by atoms with Crippen LogP contribution in [0.3, 0.4) is 0 Å². The van der Waals surface area contributed by atoms with Crippen LogP contribution in [0.2, 0.25) is 0 Å². The Morgan fingerprint density at radius 2 is 1.66 bits per heavy atom. The molecule has 3 fully saturated rings. The number of amides is 3. The summed E-state index contributed by atoms with van der Waals surface area (Å²) in [6.07, 6.45) is 0. The van der Waals surface area contributed by atoms with Gasteiger partial charge in [-0.05, 0) is 19.4 Å². The Kier molecular flexibility index (Phi) is 4.86. The fourth-order valence-electron chi connectivity index (χ4n) is 6.22. The molecule has 0 aromatic heterocycles. The van der Waals surface area contributed by atoms with Crippen LogP contribution >= 0.6 is 0 Å². The van der Waals surface area contributed by atoms with Gasteiger partial charge in [-0.3, -0.25) is 24.2 Å². The maximum absolute atomic E-state index is 14.2. The molecule has 4 heterocycles. The summed E-state index contributed by atoms with van der Waals surface area (Å²) in [5.74, 6) is -8.29. The van der Waals surface area contributed by atoms with E-state index in [1.54, 1.807) is 49.1 Å². The number of carbonyl (C=O) groups excluding carboxylic acids is 5. The standard InChI is InChI=1S/C24H25N3O8/c1-6-26-12(2)14(20(30)33-4)17(13-10-8-7-9-11-13)27-21(31)23(22(32)34-5)15-16(24(26,27)35-23)19(29)25(3)18(15)28/h7-11,15-17H,6H2,1-5H3/t15-,16+,17?,23?,24+/m1/s1. The molecule has 1 aromatic rings. The summed E-state index contributed by atoms with van der Waals surface area (Å²) in [6.45, 7) is 3.63. The minimum absolute atomic E-state index is 0.164. The number of hydrogen-bond donors (Lipinski definition) is 0. The highest BCUT2D eigenvalue weighted by Crippen LogP contribution is 2.65. The number of rotatable bonds is 4. The number of ether oxygens (including phenoxy) is 3. The van der Waals surface area contributed by atoms with E-state index in [0.717, 1.165) is 12.0 Å². The molecule has 2 unspecified atom stereocenters. The summed E-state index contributed by atoms with van der Waals surface area (Å²) in [5, 5.41) is 0. The summed E-state index contributed by atoms with van der Waals surface area (Å²) in [4.78, 5) is 71.0. The lowest BCUT2D eigenvalue weighted by Crippen LogP contribution is -2.70. The van der Waals surface area contributed by atoms with Crippen LogP contribution < -0.4 is 0 Å². The molecular formula is C24H25N3O8. The van der Waals surface area contributed by atoms with Gasteiger partial charge in [0, 0.05) is 19.3 Å². The van der Waals surface area contributed by atoms with Gasteiger partial charge < -0.3 is 19.1 Å². The van der Waals surface area contributed by atoms with Gasteiger partial charge in [-0.15, -0.1) is 0 Å². The van der Waals surface area contributed by atoms with Gasteiger partial charge in [0.1, 0.15) is 11.8 Å². The van der Waals surface area contributed by atoms with Crippen LogP contribution in [-0.4, -0.2) is 83.6 Å². The number of carbonyl (C=O) groups is 5. The molecule has 5 atom stereocenters. The minimum atomic E-state index is -2.37. The van der Waals surface area contributed by atoms with Crippen molar-refractivity contribution in [3.63, 3.8) is 0 Å². The Morgan fingerprint density at radius 3 is 2.23 bits per heavy atom. The van der Waals surface area contributed by atoms with E-state index in [2.05, 4.69) is 0 Å². The summed E-state index contributed by atoms with van der Waals surface area (Å²) in [5.41, 5.74) is -1.25. The van der Waals surface area contributed by atoms with Crippen LogP contribution in [-0.2, 0) is 38.2 Å². The van der Waals surface area contributed by atoms with Gasteiger partial charge in [0.2, 0.25) is 17.7 Å². The SMILES string of the molecule is CCN1C(C)=C(C(=O)OC)C(c2ccccc2)N2C(=O)C3(C(=O)OC)O[C@@]12[C@@H]1C(=O)N(C)C(=O)[C@@H]13. The summed E-state index contributed by atoms with van der Waals surface area (Å²) >= 11 is 0. The number of esters is 2.